The summed E-state index contributed by atoms with van der Waals surface area (Å²) < 4.78 is 5.86. The van der Waals surface area contributed by atoms with Gasteiger partial charge in [0, 0.05) is 0 Å². The van der Waals surface area contributed by atoms with Gasteiger partial charge in [-0.3, -0.25) is 0 Å². The van der Waals surface area contributed by atoms with Crippen LogP contribution in [0, 0.1) is 38.0 Å². The van der Waals surface area contributed by atoms with Crippen molar-refractivity contribution in [3.63, 3.8) is 0 Å². The number of hydrogen-bond acceptors (Lipinski definition) is 3. The molecule has 1 unspecified atom stereocenters. The lowest BCUT2D eigenvalue weighted by Crippen LogP contribution is -2.46. The van der Waals surface area contributed by atoms with E-state index < -0.39 is 5.54 Å². The summed E-state index contributed by atoms with van der Waals surface area (Å²) in [5.41, 5.74) is 8.69. The van der Waals surface area contributed by atoms with Crippen molar-refractivity contribution in [2.45, 2.75) is 39.2 Å². The summed E-state index contributed by atoms with van der Waals surface area (Å²) in [6.07, 6.45) is 2.08. The highest BCUT2D eigenvalue weighted by atomic mass is 16.5. The van der Waals surface area contributed by atoms with Gasteiger partial charge < -0.3 is 10.5 Å². The van der Waals surface area contributed by atoms with Crippen molar-refractivity contribution in [1.29, 1.82) is 5.26 Å². The molecule has 0 amide bonds. The summed E-state index contributed by atoms with van der Waals surface area (Å²) in [4.78, 5) is 0. The Balaban J connectivity index is 2.15. The van der Waals surface area contributed by atoms with Crippen LogP contribution in [0.4, 0.5) is 0 Å². The summed E-state index contributed by atoms with van der Waals surface area (Å²) >= 11 is 0. The Hall–Kier alpha value is -1.53. The first-order valence-corrected chi connectivity index (χ1v) is 6.37. The molecular formula is C15H20N2O. The Morgan fingerprint density at radius 1 is 1.33 bits per heavy atom. The highest BCUT2D eigenvalue weighted by Gasteiger charge is 2.43. The Labute approximate surface area is 109 Å². The number of nitrogens with zero attached hydrogens (tertiary/aromatic N) is 1. The second-order valence-electron chi connectivity index (χ2n) is 5.37. The third-order valence-electron chi connectivity index (χ3n) is 3.84. The van der Waals surface area contributed by atoms with Crippen molar-refractivity contribution in [3.8, 4) is 11.8 Å². The first-order chi connectivity index (χ1) is 8.48. The maximum Gasteiger partial charge on any atom is 0.141 e. The Kier molecular flexibility index (Phi) is 3.32. The molecule has 3 nitrogen and oxygen atoms in total. The zero-order valence-electron chi connectivity index (χ0n) is 11.3. The lowest BCUT2D eigenvalue weighted by molar-refractivity contribution is 0.234. The second-order valence-corrected chi connectivity index (χ2v) is 5.37. The standard InChI is InChI=1S/C15H20N2O/c1-10-4-5-11(2)14(12(10)3)18-9-15(17,8-16)13-6-7-13/h4-5,13H,6-7,9,17H2,1-3H3. The summed E-state index contributed by atoms with van der Waals surface area (Å²) in [6, 6.07) is 6.34. The molecule has 1 fully saturated rings. The molecule has 1 saturated carbocycles. The monoisotopic (exact) mass is 244 g/mol. The van der Waals surface area contributed by atoms with Crippen LogP contribution in [0.25, 0.3) is 0 Å². The van der Waals surface area contributed by atoms with E-state index in [2.05, 4.69) is 19.1 Å². The van der Waals surface area contributed by atoms with Crippen molar-refractivity contribution < 1.29 is 4.74 Å². The van der Waals surface area contributed by atoms with Crippen LogP contribution in [0.2, 0.25) is 0 Å². The third kappa shape index (κ3) is 2.34. The minimum Gasteiger partial charge on any atom is -0.490 e. The summed E-state index contributed by atoms with van der Waals surface area (Å²) in [6.45, 7) is 6.39. The predicted molar refractivity (Wildman–Crippen MR) is 71.4 cm³/mol. The van der Waals surface area contributed by atoms with E-state index in [1.807, 2.05) is 19.9 Å². The summed E-state index contributed by atoms with van der Waals surface area (Å²) in [5, 5.41) is 9.21. The maximum atomic E-state index is 9.21. The van der Waals surface area contributed by atoms with Gasteiger partial charge in [0.15, 0.2) is 0 Å². The van der Waals surface area contributed by atoms with Crippen molar-refractivity contribution in [3.05, 3.63) is 28.8 Å². The van der Waals surface area contributed by atoms with Gasteiger partial charge in [0.2, 0.25) is 0 Å². The molecule has 1 aliphatic carbocycles. The fourth-order valence-electron chi connectivity index (χ4n) is 2.18. The molecule has 1 atom stereocenters. The van der Waals surface area contributed by atoms with Crippen LogP contribution in [0.3, 0.4) is 0 Å². The fourth-order valence-corrected chi connectivity index (χ4v) is 2.18. The van der Waals surface area contributed by atoms with Gasteiger partial charge in [-0.05, 0) is 56.2 Å². The molecule has 0 radical (unpaired) electrons. The second kappa shape index (κ2) is 4.62. The van der Waals surface area contributed by atoms with Gasteiger partial charge in [0.1, 0.15) is 17.9 Å². The molecule has 0 aromatic heterocycles. The van der Waals surface area contributed by atoms with Crippen molar-refractivity contribution in [2.75, 3.05) is 6.61 Å². The summed E-state index contributed by atoms with van der Waals surface area (Å²) in [5.74, 6) is 1.17. The van der Waals surface area contributed by atoms with E-state index in [-0.39, 0.29) is 6.61 Å². The SMILES string of the molecule is Cc1ccc(C)c(OCC(N)(C#N)C2CC2)c1C. The molecule has 96 valence electrons. The number of aryl methyl sites for hydroxylation is 2. The number of benzene rings is 1. The van der Waals surface area contributed by atoms with Crippen molar-refractivity contribution in [1.82, 2.24) is 0 Å². The smallest absolute Gasteiger partial charge is 0.141 e. The average Bonchev–Trinajstić information content (AvgIpc) is 3.18. The van der Waals surface area contributed by atoms with Crippen LogP contribution < -0.4 is 10.5 Å². The lowest BCUT2D eigenvalue weighted by Gasteiger charge is -2.23. The van der Waals surface area contributed by atoms with E-state index in [0.29, 0.717) is 5.92 Å². The normalized spacial score (nSPS) is 17.9. The zero-order chi connectivity index (χ0) is 13.3. The first-order valence-electron chi connectivity index (χ1n) is 6.37. The average molecular weight is 244 g/mol. The minimum atomic E-state index is -0.831. The van der Waals surface area contributed by atoms with E-state index in [1.165, 1.54) is 5.56 Å². The molecule has 0 bridgehead atoms. The lowest BCUT2D eigenvalue weighted by atomic mass is 9.97. The summed E-state index contributed by atoms with van der Waals surface area (Å²) in [7, 11) is 0. The molecule has 2 rings (SSSR count). The van der Waals surface area contributed by atoms with Crippen molar-refractivity contribution in [2.24, 2.45) is 11.7 Å². The molecule has 1 aromatic rings. The van der Waals surface area contributed by atoms with Crippen LogP contribution in [0.1, 0.15) is 29.5 Å². The Morgan fingerprint density at radius 3 is 2.50 bits per heavy atom. The van der Waals surface area contributed by atoms with Crippen LogP contribution in [0.5, 0.6) is 5.75 Å². The fraction of sp³-hybridized carbons (Fsp3) is 0.533. The highest BCUT2D eigenvalue weighted by Crippen LogP contribution is 2.38. The molecule has 18 heavy (non-hydrogen) atoms. The van der Waals surface area contributed by atoms with E-state index in [0.717, 1.165) is 29.7 Å². The Bertz CT molecular complexity index is 500. The minimum absolute atomic E-state index is 0.277. The van der Waals surface area contributed by atoms with E-state index >= 15 is 0 Å². The van der Waals surface area contributed by atoms with Crippen molar-refractivity contribution >= 4 is 0 Å². The number of rotatable bonds is 4. The molecule has 3 heteroatoms. The molecule has 1 aromatic carbocycles. The zero-order valence-corrected chi connectivity index (χ0v) is 11.3. The van der Waals surface area contributed by atoms with Gasteiger partial charge >= 0.3 is 0 Å². The van der Waals surface area contributed by atoms with E-state index in [1.54, 1.807) is 0 Å². The molecule has 0 spiro atoms. The van der Waals surface area contributed by atoms with Gasteiger partial charge in [0.05, 0.1) is 6.07 Å². The molecule has 0 aliphatic heterocycles. The number of ether oxygens (including phenoxy) is 1. The van der Waals surface area contributed by atoms with Gasteiger partial charge in [0.25, 0.3) is 0 Å². The predicted octanol–water partition coefficient (Wildman–Crippen LogP) is 2.62. The molecule has 0 heterocycles. The molecule has 0 saturated heterocycles. The number of nitriles is 1. The van der Waals surface area contributed by atoms with Crippen LogP contribution in [-0.2, 0) is 0 Å². The largest absolute Gasteiger partial charge is 0.490 e. The van der Waals surface area contributed by atoms with Crippen LogP contribution >= 0.6 is 0 Å². The van der Waals surface area contributed by atoms with Gasteiger partial charge in [-0.2, -0.15) is 5.26 Å². The van der Waals surface area contributed by atoms with Crippen LogP contribution in [-0.4, -0.2) is 12.1 Å². The van der Waals surface area contributed by atoms with Gasteiger partial charge in [-0.25, -0.2) is 0 Å². The van der Waals surface area contributed by atoms with E-state index in [9.17, 15) is 5.26 Å². The quantitative estimate of drug-likeness (QED) is 0.885. The maximum absolute atomic E-state index is 9.21. The Morgan fingerprint density at radius 2 is 1.94 bits per heavy atom. The molecular weight excluding hydrogens is 224 g/mol. The van der Waals surface area contributed by atoms with E-state index in [4.69, 9.17) is 10.5 Å². The molecule has 2 N–H and O–H groups in total. The van der Waals surface area contributed by atoms with Gasteiger partial charge in [-0.15, -0.1) is 0 Å². The topological polar surface area (TPSA) is 59.0 Å². The third-order valence-corrected chi connectivity index (χ3v) is 3.84. The number of nitrogens with two attached hydrogens (primary N) is 1. The van der Waals surface area contributed by atoms with Gasteiger partial charge in [-0.1, -0.05) is 12.1 Å². The molecule has 1 aliphatic rings. The highest BCUT2D eigenvalue weighted by molar-refractivity contribution is 5.44. The first kappa shape index (κ1) is 12.9. The van der Waals surface area contributed by atoms with Crippen LogP contribution in [0.15, 0.2) is 12.1 Å². The number of hydrogen-bond donors (Lipinski definition) is 1.